The van der Waals surface area contributed by atoms with Crippen molar-refractivity contribution in [3.8, 4) is 0 Å². The van der Waals surface area contributed by atoms with Gasteiger partial charge in [0.05, 0.1) is 12.7 Å². The van der Waals surface area contributed by atoms with Crippen LogP contribution in [0.5, 0.6) is 0 Å². The average Bonchev–Trinajstić information content (AvgIpc) is 2.71. The van der Waals surface area contributed by atoms with Crippen molar-refractivity contribution in [2.75, 3.05) is 5.73 Å². The van der Waals surface area contributed by atoms with E-state index in [1.165, 1.54) is 4.88 Å². The van der Waals surface area contributed by atoms with Crippen molar-refractivity contribution >= 4 is 17.2 Å². The molecule has 68 valence electrons. The van der Waals surface area contributed by atoms with E-state index in [0.29, 0.717) is 5.82 Å². The van der Waals surface area contributed by atoms with E-state index in [2.05, 4.69) is 21.6 Å². The van der Waals surface area contributed by atoms with Gasteiger partial charge in [-0.2, -0.15) is 9.90 Å². The number of nitrogens with two attached hydrogens (primary N) is 1. The summed E-state index contributed by atoms with van der Waals surface area (Å²) in [5.41, 5.74) is 5.44. The molecule has 0 spiro atoms. The third kappa shape index (κ3) is 2.06. The summed E-state index contributed by atoms with van der Waals surface area (Å²) in [6.07, 6.45) is 2.53. The van der Waals surface area contributed by atoms with Crippen LogP contribution in [0.1, 0.15) is 4.88 Å². The third-order valence-corrected chi connectivity index (χ3v) is 2.63. The zero-order chi connectivity index (χ0) is 9.10. The summed E-state index contributed by atoms with van der Waals surface area (Å²) >= 11 is 1.75. The molecule has 0 saturated heterocycles. The lowest BCUT2D eigenvalue weighted by atomic mass is 10.3. The lowest BCUT2D eigenvalue weighted by molar-refractivity contribution is 0.541. The van der Waals surface area contributed by atoms with E-state index in [1.54, 1.807) is 22.3 Å². The largest absolute Gasteiger partial charge is 0.381 e. The van der Waals surface area contributed by atoms with Crippen LogP contribution >= 0.6 is 11.3 Å². The Morgan fingerprint density at radius 1 is 1.54 bits per heavy atom. The predicted molar refractivity (Wildman–Crippen MR) is 52.5 cm³/mol. The Hall–Kier alpha value is -1.36. The van der Waals surface area contributed by atoms with Gasteiger partial charge in [0.25, 0.3) is 0 Å². The van der Waals surface area contributed by atoms with Crippen LogP contribution in [0, 0.1) is 0 Å². The van der Waals surface area contributed by atoms with Gasteiger partial charge in [-0.25, -0.2) is 0 Å². The van der Waals surface area contributed by atoms with E-state index in [1.807, 2.05) is 6.07 Å². The monoisotopic (exact) mass is 194 g/mol. The van der Waals surface area contributed by atoms with Gasteiger partial charge in [-0.15, -0.1) is 16.4 Å². The number of nitrogen functional groups attached to an aromatic ring is 1. The predicted octanol–water partition coefficient (Wildman–Crippen LogP) is 1.16. The van der Waals surface area contributed by atoms with E-state index < -0.39 is 0 Å². The molecule has 2 aromatic heterocycles. The SMILES string of the molecule is Nc1cnn(CCc2cccs2)n1. The van der Waals surface area contributed by atoms with Crippen LogP contribution in [0.2, 0.25) is 0 Å². The first-order chi connectivity index (χ1) is 6.34. The Balaban J connectivity index is 1.93. The summed E-state index contributed by atoms with van der Waals surface area (Å²) in [5.74, 6) is 0.478. The van der Waals surface area contributed by atoms with Crippen molar-refractivity contribution < 1.29 is 0 Å². The lowest BCUT2D eigenvalue weighted by Gasteiger charge is -1.96. The van der Waals surface area contributed by atoms with Crippen molar-refractivity contribution in [2.24, 2.45) is 0 Å². The van der Waals surface area contributed by atoms with Crippen molar-refractivity contribution in [2.45, 2.75) is 13.0 Å². The molecule has 0 aliphatic carbocycles. The van der Waals surface area contributed by atoms with Crippen LogP contribution < -0.4 is 5.73 Å². The molecule has 0 unspecified atom stereocenters. The lowest BCUT2D eigenvalue weighted by Crippen LogP contribution is -2.04. The van der Waals surface area contributed by atoms with Gasteiger partial charge < -0.3 is 5.73 Å². The Kier molecular flexibility index (Phi) is 2.27. The highest BCUT2D eigenvalue weighted by molar-refractivity contribution is 7.09. The Labute approximate surface area is 80.0 Å². The molecular formula is C8H10N4S. The normalized spacial score (nSPS) is 10.5. The molecule has 2 N–H and O–H groups in total. The minimum atomic E-state index is 0.478. The fourth-order valence-electron chi connectivity index (χ4n) is 1.08. The van der Waals surface area contributed by atoms with Gasteiger partial charge in [0.2, 0.25) is 0 Å². The van der Waals surface area contributed by atoms with E-state index in [4.69, 9.17) is 5.73 Å². The fourth-order valence-corrected chi connectivity index (χ4v) is 1.78. The van der Waals surface area contributed by atoms with Gasteiger partial charge >= 0.3 is 0 Å². The molecule has 0 saturated carbocycles. The zero-order valence-corrected chi connectivity index (χ0v) is 7.87. The van der Waals surface area contributed by atoms with E-state index in [9.17, 15) is 0 Å². The number of nitrogens with zero attached hydrogens (tertiary/aromatic N) is 3. The first-order valence-corrected chi connectivity index (χ1v) is 4.90. The first-order valence-electron chi connectivity index (χ1n) is 4.02. The molecule has 0 atom stereocenters. The van der Waals surface area contributed by atoms with Gasteiger partial charge in [-0.1, -0.05) is 6.07 Å². The zero-order valence-electron chi connectivity index (χ0n) is 7.05. The quantitative estimate of drug-likeness (QED) is 0.797. The molecule has 0 radical (unpaired) electrons. The average molecular weight is 194 g/mol. The summed E-state index contributed by atoms with van der Waals surface area (Å²) in [4.78, 5) is 2.96. The minimum absolute atomic E-state index is 0.478. The molecular weight excluding hydrogens is 184 g/mol. The van der Waals surface area contributed by atoms with Crippen LogP contribution in [-0.4, -0.2) is 15.0 Å². The molecule has 0 fully saturated rings. The molecule has 2 rings (SSSR count). The fraction of sp³-hybridized carbons (Fsp3) is 0.250. The second-order valence-corrected chi connectivity index (χ2v) is 3.73. The molecule has 4 nitrogen and oxygen atoms in total. The van der Waals surface area contributed by atoms with E-state index >= 15 is 0 Å². The first kappa shape index (κ1) is 8.25. The van der Waals surface area contributed by atoms with Crippen LogP contribution in [0.4, 0.5) is 5.82 Å². The number of aromatic nitrogens is 3. The second kappa shape index (κ2) is 3.57. The molecule has 0 aliphatic heterocycles. The molecule has 13 heavy (non-hydrogen) atoms. The smallest absolute Gasteiger partial charge is 0.165 e. The number of aryl methyl sites for hydroxylation is 2. The Morgan fingerprint density at radius 2 is 2.46 bits per heavy atom. The molecule has 0 bridgehead atoms. The maximum absolute atomic E-state index is 5.44. The molecule has 0 aromatic carbocycles. The summed E-state index contributed by atoms with van der Waals surface area (Å²) in [5, 5.41) is 10.1. The molecule has 5 heteroatoms. The Morgan fingerprint density at radius 3 is 3.08 bits per heavy atom. The maximum Gasteiger partial charge on any atom is 0.165 e. The third-order valence-electron chi connectivity index (χ3n) is 1.69. The minimum Gasteiger partial charge on any atom is -0.381 e. The molecule has 2 aromatic rings. The van der Waals surface area contributed by atoms with E-state index in [-0.39, 0.29) is 0 Å². The Bertz CT molecular complexity index is 365. The maximum atomic E-state index is 5.44. The number of hydrogen-bond donors (Lipinski definition) is 1. The van der Waals surface area contributed by atoms with E-state index in [0.717, 1.165) is 13.0 Å². The molecule has 0 amide bonds. The summed E-state index contributed by atoms with van der Waals surface area (Å²) < 4.78 is 0. The van der Waals surface area contributed by atoms with Crippen LogP contribution in [0.3, 0.4) is 0 Å². The van der Waals surface area contributed by atoms with Crippen molar-refractivity contribution in [1.29, 1.82) is 0 Å². The number of rotatable bonds is 3. The standard InChI is InChI=1S/C8H10N4S/c9-8-6-10-12(11-8)4-3-7-2-1-5-13-7/h1-2,5-6H,3-4H2,(H2,9,11). The summed E-state index contributed by atoms with van der Waals surface area (Å²) in [6, 6.07) is 4.16. The van der Waals surface area contributed by atoms with Crippen molar-refractivity contribution in [3.63, 3.8) is 0 Å². The highest BCUT2D eigenvalue weighted by atomic mass is 32.1. The molecule has 2 heterocycles. The number of anilines is 1. The number of thiophene rings is 1. The highest BCUT2D eigenvalue weighted by Crippen LogP contribution is 2.09. The second-order valence-electron chi connectivity index (χ2n) is 2.69. The van der Waals surface area contributed by atoms with Crippen molar-refractivity contribution in [3.05, 3.63) is 28.6 Å². The molecule has 0 aliphatic rings. The van der Waals surface area contributed by atoms with Gasteiger partial charge in [-0.3, -0.25) is 0 Å². The van der Waals surface area contributed by atoms with Crippen LogP contribution in [0.25, 0.3) is 0 Å². The topological polar surface area (TPSA) is 56.7 Å². The summed E-state index contributed by atoms with van der Waals surface area (Å²) in [7, 11) is 0. The van der Waals surface area contributed by atoms with Gasteiger partial charge in [-0.05, 0) is 11.4 Å². The van der Waals surface area contributed by atoms with Gasteiger partial charge in [0.15, 0.2) is 5.82 Å². The van der Waals surface area contributed by atoms with Gasteiger partial charge in [0, 0.05) is 11.3 Å². The highest BCUT2D eigenvalue weighted by Gasteiger charge is 1.97. The van der Waals surface area contributed by atoms with Gasteiger partial charge in [0.1, 0.15) is 0 Å². The van der Waals surface area contributed by atoms with Crippen LogP contribution in [-0.2, 0) is 13.0 Å². The number of hydrogen-bond acceptors (Lipinski definition) is 4. The van der Waals surface area contributed by atoms with Crippen LogP contribution in [0.15, 0.2) is 23.7 Å². The van der Waals surface area contributed by atoms with Crippen molar-refractivity contribution in [1.82, 2.24) is 15.0 Å². The summed E-state index contributed by atoms with van der Waals surface area (Å²) in [6.45, 7) is 0.789.